The predicted molar refractivity (Wildman–Crippen MR) is 115 cm³/mol. The standard InChI is InChI=1S/C24H28F2N2O3/c1-2-30-24(29)19-9-7-13-28(17-19)14-15-31-27-23(20-10-4-6-12-22(20)26)16-18-8-3-5-11-21(18)25/h3-6,8,10-12,19H,2,7,9,13-17H2,1H3. The normalized spacial score (nSPS) is 17.4. The summed E-state index contributed by atoms with van der Waals surface area (Å²) < 4.78 is 33.6. The van der Waals surface area contributed by atoms with Crippen LogP contribution in [-0.4, -0.2) is 49.4 Å². The predicted octanol–water partition coefficient (Wildman–Crippen LogP) is 4.20. The third kappa shape index (κ3) is 6.59. The van der Waals surface area contributed by atoms with E-state index in [1.165, 1.54) is 12.1 Å². The number of nitrogens with zero attached hydrogens (tertiary/aromatic N) is 2. The number of piperidine rings is 1. The van der Waals surface area contributed by atoms with Gasteiger partial charge in [0.2, 0.25) is 0 Å². The molecule has 0 spiro atoms. The van der Waals surface area contributed by atoms with Gasteiger partial charge in [-0.3, -0.25) is 9.69 Å². The zero-order chi connectivity index (χ0) is 22.1. The Balaban J connectivity index is 1.62. The van der Waals surface area contributed by atoms with Crippen LogP contribution in [0.4, 0.5) is 8.78 Å². The third-order valence-electron chi connectivity index (χ3n) is 5.30. The molecule has 1 saturated heterocycles. The summed E-state index contributed by atoms with van der Waals surface area (Å²) >= 11 is 0. The van der Waals surface area contributed by atoms with Crippen molar-refractivity contribution in [2.45, 2.75) is 26.2 Å². The number of ether oxygens (including phenoxy) is 1. The van der Waals surface area contributed by atoms with Gasteiger partial charge in [0.1, 0.15) is 18.2 Å². The van der Waals surface area contributed by atoms with E-state index in [4.69, 9.17) is 9.57 Å². The second kappa shape index (κ2) is 11.6. The maximum atomic E-state index is 14.3. The van der Waals surface area contributed by atoms with Crippen LogP contribution in [0.5, 0.6) is 0 Å². The molecule has 31 heavy (non-hydrogen) atoms. The average molecular weight is 430 g/mol. The Morgan fingerprint density at radius 3 is 2.61 bits per heavy atom. The summed E-state index contributed by atoms with van der Waals surface area (Å²) in [6, 6.07) is 12.6. The largest absolute Gasteiger partial charge is 0.466 e. The van der Waals surface area contributed by atoms with E-state index in [1.54, 1.807) is 43.3 Å². The molecule has 166 valence electrons. The fraction of sp³-hybridized carbons (Fsp3) is 0.417. The Bertz CT molecular complexity index is 904. The number of benzene rings is 2. The molecule has 0 saturated carbocycles. The van der Waals surface area contributed by atoms with Gasteiger partial charge in [-0.05, 0) is 44.0 Å². The molecule has 1 unspecified atom stereocenters. The van der Waals surface area contributed by atoms with Crippen molar-refractivity contribution < 1.29 is 23.1 Å². The fourth-order valence-electron chi connectivity index (χ4n) is 3.70. The minimum absolute atomic E-state index is 0.113. The highest BCUT2D eigenvalue weighted by Gasteiger charge is 2.26. The summed E-state index contributed by atoms with van der Waals surface area (Å²) in [5, 5.41) is 4.15. The second-order valence-corrected chi connectivity index (χ2v) is 7.51. The number of oxime groups is 1. The second-order valence-electron chi connectivity index (χ2n) is 7.51. The van der Waals surface area contributed by atoms with Gasteiger partial charge in [-0.15, -0.1) is 0 Å². The maximum Gasteiger partial charge on any atom is 0.310 e. The van der Waals surface area contributed by atoms with Gasteiger partial charge in [-0.25, -0.2) is 8.78 Å². The highest BCUT2D eigenvalue weighted by Crippen LogP contribution is 2.18. The van der Waals surface area contributed by atoms with Gasteiger partial charge >= 0.3 is 5.97 Å². The Morgan fingerprint density at radius 2 is 1.87 bits per heavy atom. The average Bonchev–Trinajstić information content (AvgIpc) is 2.78. The highest BCUT2D eigenvalue weighted by atomic mass is 19.1. The molecule has 2 aromatic carbocycles. The number of likely N-dealkylation sites (tertiary alicyclic amines) is 1. The van der Waals surface area contributed by atoms with E-state index in [1.807, 2.05) is 0 Å². The first-order valence-electron chi connectivity index (χ1n) is 10.6. The molecule has 0 amide bonds. The summed E-state index contributed by atoms with van der Waals surface area (Å²) in [4.78, 5) is 19.6. The Morgan fingerprint density at radius 1 is 1.13 bits per heavy atom. The van der Waals surface area contributed by atoms with Gasteiger partial charge in [0.15, 0.2) is 0 Å². The van der Waals surface area contributed by atoms with Crippen LogP contribution in [0.1, 0.15) is 30.9 Å². The summed E-state index contributed by atoms with van der Waals surface area (Å²) in [6.07, 6.45) is 1.86. The molecule has 0 bridgehead atoms. The molecule has 1 atom stereocenters. The van der Waals surface area contributed by atoms with Crippen LogP contribution >= 0.6 is 0 Å². The van der Waals surface area contributed by atoms with E-state index < -0.39 is 5.82 Å². The van der Waals surface area contributed by atoms with Crippen LogP contribution in [0.2, 0.25) is 0 Å². The fourth-order valence-corrected chi connectivity index (χ4v) is 3.70. The molecule has 5 nitrogen and oxygen atoms in total. The molecule has 7 heteroatoms. The molecule has 0 N–H and O–H groups in total. The van der Waals surface area contributed by atoms with Gasteiger partial charge in [0.25, 0.3) is 0 Å². The van der Waals surface area contributed by atoms with Crippen LogP contribution in [0.3, 0.4) is 0 Å². The molecule has 0 aliphatic carbocycles. The van der Waals surface area contributed by atoms with E-state index in [9.17, 15) is 13.6 Å². The zero-order valence-electron chi connectivity index (χ0n) is 17.7. The lowest BCUT2D eigenvalue weighted by atomic mass is 9.98. The van der Waals surface area contributed by atoms with Gasteiger partial charge in [-0.1, -0.05) is 41.6 Å². The number of halogens is 2. The smallest absolute Gasteiger partial charge is 0.310 e. The summed E-state index contributed by atoms with van der Waals surface area (Å²) in [6.45, 7) is 4.56. The van der Waals surface area contributed by atoms with Crippen molar-refractivity contribution in [2.24, 2.45) is 11.1 Å². The molecule has 0 aromatic heterocycles. The molecule has 0 radical (unpaired) electrons. The van der Waals surface area contributed by atoms with Crippen molar-refractivity contribution in [3.05, 3.63) is 71.3 Å². The topological polar surface area (TPSA) is 51.1 Å². The van der Waals surface area contributed by atoms with Crippen molar-refractivity contribution in [1.82, 2.24) is 4.90 Å². The van der Waals surface area contributed by atoms with Crippen LogP contribution in [0.15, 0.2) is 53.7 Å². The molecule has 2 aromatic rings. The van der Waals surface area contributed by atoms with Gasteiger partial charge < -0.3 is 9.57 Å². The first-order chi connectivity index (χ1) is 15.1. The van der Waals surface area contributed by atoms with Crippen LogP contribution in [0, 0.1) is 17.6 Å². The van der Waals surface area contributed by atoms with Crippen LogP contribution < -0.4 is 0 Å². The molecule has 1 fully saturated rings. The van der Waals surface area contributed by atoms with Crippen molar-refractivity contribution in [1.29, 1.82) is 0 Å². The maximum absolute atomic E-state index is 14.3. The van der Waals surface area contributed by atoms with Gasteiger partial charge in [0.05, 0.1) is 18.2 Å². The molecule has 1 heterocycles. The lowest BCUT2D eigenvalue weighted by Gasteiger charge is -2.30. The number of carbonyl (C=O) groups is 1. The summed E-state index contributed by atoms with van der Waals surface area (Å²) in [5.74, 6) is -1.08. The number of hydrogen-bond acceptors (Lipinski definition) is 5. The first-order valence-corrected chi connectivity index (χ1v) is 10.6. The zero-order valence-corrected chi connectivity index (χ0v) is 17.7. The molecular formula is C24H28F2N2O3. The van der Waals surface area contributed by atoms with Crippen molar-refractivity contribution in [3.8, 4) is 0 Å². The van der Waals surface area contributed by atoms with Crippen molar-refractivity contribution in [2.75, 3.05) is 32.8 Å². The van der Waals surface area contributed by atoms with E-state index in [2.05, 4.69) is 10.1 Å². The minimum atomic E-state index is -0.436. The summed E-state index contributed by atoms with van der Waals surface area (Å²) in [7, 11) is 0. The minimum Gasteiger partial charge on any atom is -0.466 e. The Hall–Kier alpha value is -2.80. The monoisotopic (exact) mass is 430 g/mol. The molecule has 3 rings (SSSR count). The summed E-state index contributed by atoms with van der Waals surface area (Å²) in [5.41, 5.74) is 1.03. The number of rotatable bonds is 9. The Kier molecular flexibility index (Phi) is 8.53. The lowest BCUT2D eigenvalue weighted by Crippen LogP contribution is -2.40. The highest BCUT2D eigenvalue weighted by molar-refractivity contribution is 6.01. The van der Waals surface area contributed by atoms with Crippen molar-refractivity contribution in [3.63, 3.8) is 0 Å². The molecular weight excluding hydrogens is 402 g/mol. The van der Waals surface area contributed by atoms with Crippen LogP contribution in [0.25, 0.3) is 0 Å². The first kappa shape index (κ1) is 22.9. The third-order valence-corrected chi connectivity index (χ3v) is 5.30. The van der Waals surface area contributed by atoms with Gasteiger partial charge in [0, 0.05) is 25.1 Å². The quantitative estimate of drug-likeness (QED) is 0.259. The van der Waals surface area contributed by atoms with E-state index in [0.717, 1.165) is 19.4 Å². The number of hydrogen-bond donors (Lipinski definition) is 0. The van der Waals surface area contributed by atoms with Gasteiger partial charge in [-0.2, -0.15) is 0 Å². The van der Waals surface area contributed by atoms with E-state index in [-0.39, 0.29) is 36.3 Å². The van der Waals surface area contributed by atoms with E-state index in [0.29, 0.717) is 31.0 Å². The SMILES string of the molecule is CCOC(=O)C1CCCN(CCON=C(Cc2ccccc2F)c2ccccc2F)C1. The van der Waals surface area contributed by atoms with E-state index >= 15 is 0 Å². The number of esters is 1. The Labute approximate surface area is 181 Å². The van der Waals surface area contributed by atoms with Crippen LogP contribution in [-0.2, 0) is 20.8 Å². The lowest BCUT2D eigenvalue weighted by molar-refractivity contribution is -0.150. The molecule has 1 aliphatic heterocycles. The van der Waals surface area contributed by atoms with Crippen molar-refractivity contribution >= 4 is 11.7 Å². The number of carbonyl (C=O) groups excluding carboxylic acids is 1. The molecule has 1 aliphatic rings.